The molecule has 0 atom stereocenters. The second kappa shape index (κ2) is 7.62. The van der Waals surface area contributed by atoms with E-state index in [1.54, 1.807) is 0 Å². The van der Waals surface area contributed by atoms with Crippen molar-refractivity contribution in [3.8, 4) is 0 Å². The third kappa shape index (κ3) is 4.48. The molecule has 0 saturated heterocycles. The van der Waals surface area contributed by atoms with Crippen LogP contribution in [0.2, 0.25) is 5.02 Å². The van der Waals surface area contributed by atoms with Crippen LogP contribution in [0.1, 0.15) is 18.9 Å². The number of hydrogen-bond donors (Lipinski definition) is 1. The molecule has 0 saturated carbocycles. The number of anilines is 1. The Balaban J connectivity index is 2.69. The number of hydrogen-bond acceptors (Lipinski definition) is 3. The second-order valence-corrected chi connectivity index (χ2v) is 5.09. The van der Waals surface area contributed by atoms with Gasteiger partial charge in [-0.2, -0.15) is 0 Å². The van der Waals surface area contributed by atoms with Crippen LogP contribution in [0.4, 0.5) is 5.69 Å². The molecule has 0 aliphatic rings. The van der Waals surface area contributed by atoms with E-state index in [1.165, 1.54) is 0 Å². The van der Waals surface area contributed by atoms with E-state index in [-0.39, 0.29) is 6.61 Å². The lowest BCUT2D eigenvalue weighted by atomic mass is 10.2. The molecule has 3 nitrogen and oxygen atoms in total. The average molecular weight is 271 g/mol. The minimum absolute atomic E-state index is 0.0345. The molecule has 4 heteroatoms. The summed E-state index contributed by atoms with van der Waals surface area (Å²) in [4.78, 5) is 4.46. The van der Waals surface area contributed by atoms with Crippen molar-refractivity contribution in [3.05, 3.63) is 28.8 Å². The Hall–Kier alpha value is -0.770. The van der Waals surface area contributed by atoms with E-state index in [0.29, 0.717) is 5.02 Å². The van der Waals surface area contributed by atoms with Gasteiger partial charge in [-0.05, 0) is 51.7 Å². The van der Waals surface area contributed by atoms with Gasteiger partial charge in [0.15, 0.2) is 0 Å². The van der Waals surface area contributed by atoms with Crippen LogP contribution < -0.4 is 4.90 Å². The Labute approximate surface area is 115 Å². The maximum atomic E-state index is 9.07. The van der Waals surface area contributed by atoms with Crippen LogP contribution in [0.15, 0.2) is 18.2 Å². The molecule has 0 radical (unpaired) electrons. The van der Waals surface area contributed by atoms with E-state index < -0.39 is 0 Å². The van der Waals surface area contributed by atoms with Gasteiger partial charge in [0.2, 0.25) is 0 Å². The molecule has 1 aromatic rings. The van der Waals surface area contributed by atoms with Gasteiger partial charge in [0.05, 0.1) is 17.3 Å². The minimum Gasteiger partial charge on any atom is -0.392 e. The highest BCUT2D eigenvalue weighted by molar-refractivity contribution is 6.33. The molecule has 0 spiro atoms. The maximum Gasteiger partial charge on any atom is 0.0682 e. The number of aliphatic hydroxyl groups excluding tert-OH is 1. The SMILES string of the molecule is CCN(CCCN(C)C)c1ccc(CO)cc1Cl. The van der Waals surface area contributed by atoms with Crippen molar-refractivity contribution >= 4 is 17.3 Å². The zero-order valence-electron chi connectivity index (χ0n) is 11.5. The summed E-state index contributed by atoms with van der Waals surface area (Å²) >= 11 is 6.26. The predicted octanol–water partition coefficient (Wildman–Crippen LogP) is 2.61. The monoisotopic (exact) mass is 270 g/mol. The third-order valence-corrected chi connectivity index (χ3v) is 3.25. The first-order valence-electron chi connectivity index (χ1n) is 6.37. The molecule has 1 rings (SSSR count). The summed E-state index contributed by atoms with van der Waals surface area (Å²) in [7, 11) is 4.17. The van der Waals surface area contributed by atoms with Crippen LogP contribution in [0, 0.1) is 0 Å². The molecule has 0 aromatic heterocycles. The van der Waals surface area contributed by atoms with Crippen LogP contribution in [0.5, 0.6) is 0 Å². The summed E-state index contributed by atoms with van der Waals surface area (Å²) in [6.07, 6.45) is 1.11. The van der Waals surface area contributed by atoms with Crippen LogP contribution >= 0.6 is 11.6 Å². The van der Waals surface area contributed by atoms with Crippen LogP contribution in [0.25, 0.3) is 0 Å². The van der Waals surface area contributed by atoms with E-state index in [9.17, 15) is 0 Å². The lowest BCUT2D eigenvalue weighted by molar-refractivity contribution is 0.282. The van der Waals surface area contributed by atoms with Gasteiger partial charge in [0, 0.05) is 13.1 Å². The molecule has 0 aliphatic carbocycles. The summed E-state index contributed by atoms with van der Waals surface area (Å²) in [5, 5.41) is 9.79. The Morgan fingerprint density at radius 1 is 1.22 bits per heavy atom. The Morgan fingerprint density at radius 2 is 1.94 bits per heavy atom. The van der Waals surface area contributed by atoms with Gasteiger partial charge in [-0.15, -0.1) is 0 Å². The van der Waals surface area contributed by atoms with Crippen LogP contribution in [-0.2, 0) is 6.61 Å². The molecule has 0 aliphatic heterocycles. The fourth-order valence-corrected chi connectivity index (χ4v) is 2.25. The topological polar surface area (TPSA) is 26.7 Å². The normalized spacial score (nSPS) is 11.0. The van der Waals surface area contributed by atoms with Gasteiger partial charge in [0.1, 0.15) is 0 Å². The van der Waals surface area contributed by atoms with E-state index in [4.69, 9.17) is 16.7 Å². The highest BCUT2D eigenvalue weighted by atomic mass is 35.5. The van der Waals surface area contributed by atoms with Gasteiger partial charge in [0.25, 0.3) is 0 Å². The largest absolute Gasteiger partial charge is 0.392 e. The number of halogens is 1. The molecular weight excluding hydrogens is 248 g/mol. The molecule has 1 aromatic carbocycles. The standard InChI is InChI=1S/C14H23ClN2O/c1-4-17(9-5-8-16(2)3)14-7-6-12(11-18)10-13(14)15/h6-7,10,18H,4-5,8-9,11H2,1-3H3. The Bertz CT molecular complexity index is 369. The zero-order chi connectivity index (χ0) is 13.5. The highest BCUT2D eigenvalue weighted by Gasteiger charge is 2.09. The second-order valence-electron chi connectivity index (χ2n) is 4.68. The number of rotatable bonds is 7. The van der Waals surface area contributed by atoms with Crippen molar-refractivity contribution in [2.24, 2.45) is 0 Å². The fraction of sp³-hybridized carbons (Fsp3) is 0.571. The van der Waals surface area contributed by atoms with Crippen molar-refractivity contribution < 1.29 is 5.11 Å². The summed E-state index contributed by atoms with van der Waals surface area (Å²) in [5.41, 5.74) is 1.91. The first-order valence-corrected chi connectivity index (χ1v) is 6.75. The lowest BCUT2D eigenvalue weighted by Crippen LogP contribution is -2.27. The van der Waals surface area contributed by atoms with Crippen LogP contribution in [-0.4, -0.2) is 43.7 Å². The van der Waals surface area contributed by atoms with Crippen molar-refractivity contribution in [2.75, 3.05) is 38.6 Å². The van der Waals surface area contributed by atoms with E-state index in [0.717, 1.165) is 37.3 Å². The van der Waals surface area contributed by atoms with Crippen molar-refractivity contribution in [3.63, 3.8) is 0 Å². The number of aliphatic hydroxyl groups is 1. The van der Waals surface area contributed by atoms with Crippen molar-refractivity contribution in [1.82, 2.24) is 4.90 Å². The van der Waals surface area contributed by atoms with Gasteiger partial charge < -0.3 is 14.9 Å². The predicted molar refractivity (Wildman–Crippen MR) is 78.4 cm³/mol. The van der Waals surface area contributed by atoms with E-state index in [1.807, 2.05) is 18.2 Å². The van der Waals surface area contributed by atoms with Gasteiger partial charge in [-0.25, -0.2) is 0 Å². The molecule has 0 unspecified atom stereocenters. The van der Waals surface area contributed by atoms with Gasteiger partial charge >= 0.3 is 0 Å². The number of benzene rings is 1. The number of nitrogens with zero attached hydrogens (tertiary/aromatic N) is 2. The quantitative estimate of drug-likeness (QED) is 0.825. The summed E-state index contributed by atoms with van der Waals surface area (Å²) in [6, 6.07) is 5.76. The average Bonchev–Trinajstić information content (AvgIpc) is 2.35. The third-order valence-electron chi connectivity index (χ3n) is 2.95. The van der Waals surface area contributed by atoms with Gasteiger partial charge in [-0.3, -0.25) is 0 Å². The minimum atomic E-state index is 0.0345. The molecule has 1 N–H and O–H groups in total. The zero-order valence-corrected chi connectivity index (χ0v) is 12.2. The summed E-state index contributed by atoms with van der Waals surface area (Å²) < 4.78 is 0. The van der Waals surface area contributed by atoms with Crippen molar-refractivity contribution in [2.45, 2.75) is 20.0 Å². The van der Waals surface area contributed by atoms with Crippen molar-refractivity contribution in [1.29, 1.82) is 0 Å². The Morgan fingerprint density at radius 3 is 2.44 bits per heavy atom. The smallest absolute Gasteiger partial charge is 0.0682 e. The first-order chi connectivity index (χ1) is 8.58. The van der Waals surface area contributed by atoms with E-state index >= 15 is 0 Å². The molecule has 0 amide bonds. The lowest BCUT2D eigenvalue weighted by Gasteiger charge is -2.25. The molecule has 18 heavy (non-hydrogen) atoms. The summed E-state index contributed by atoms with van der Waals surface area (Å²) in [6.45, 7) is 5.17. The molecule has 0 bridgehead atoms. The molecule has 102 valence electrons. The first kappa shape index (κ1) is 15.3. The molecule has 0 fully saturated rings. The molecule has 0 heterocycles. The van der Waals surface area contributed by atoms with E-state index in [2.05, 4.69) is 30.8 Å². The summed E-state index contributed by atoms with van der Waals surface area (Å²) in [5.74, 6) is 0. The highest BCUT2D eigenvalue weighted by Crippen LogP contribution is 2.27. The Kier molecular flexibility index (Phi) is 6.47. The maximum absolute atomic E-state index is 9.07. The van der Waals surface area contributed by atoms with Gasteiger partial charge in [-0.1, -0.05) is 17.7 Å². The molecular formula is C14H23ClN2O. The fourth-order valence-electron chi connectivity index (χ4n) is 1.93. The van der Waals surface area contributed by atoms with Crippen LogP contribution in [0.3, 0.4) is 0 Å².